The molecule has 0 radical (unpaired) electrons. The highest BCUT2D eigenvalue weighted by atomic mass is 79.9. The maximum Gasteiger partial charge on any atom is 0.224 e. The summed E-state index contributed by atoms with van der Waals surface area (Å²) in [6, 6.07) is 0. The molecule has 0 saturated heterocycles. The lowest BCUT2D eigenvalue weighted by molar-refractivity contribution is 0.253. The molecule has 0 amide bonds. The van der Waals surface area contributed by atoms with Gasteiger partial charge in [-0.3, -0.25) is 0 Å². The van der Waals surface area contributed by atoms with E-state index >= 15 is 0 Å². The number of hydrogen-bond acceptors (Lipinski definition) is 5. The van der Waals surface area contributed by atoms with E-state index in [2.05, 4.69) is 36.5 Å². The van der Waals surface area contributed by atoms with E-state index in [0.29, 0.717) is 5.95 Å². The van der Waals surface area contributed by atoms with Crippen molar-refractivity contribution >= 4 is 27.7 Å². The number of rotatable bonds is 6. The molecule has 5 nitrogen and oxygen atoms in total. The van der Waals surface area contributed by atoms with Gasteiger partial charge in [-0.2, -0.15) is 4.98 Å². The summed E-state index contributed by atoms with van der Waals surface area (Å²) in [4.78, 5) is 8.44. The molecule has 1 heterocycles. The van der Waals surface area contributed by atoms with Gasteiger partial charge in [0.05, 0.1) is 4.47 Å². The van der Waals surface area contributed by atoms with Crippen LogP contribution >= 0.6 is 15.9 Å². The number of aliphatic hydroxyl groups is 1. The third-order valence-corrected chi connectivity index (χ3v) is 3.78. The second-order valence-electron chi connectivity index (χ2n) is 4.47. The predicted octanol–water partition coefficient (Wildman–Crippen LogP) is 1.86. The molecule has 1 fully saturated rings. The van der Waals surface area contributed by atoms with Crippen LogP contribution in [-0.4, -0.2) is 35.3 Å². The van der Waals surface area contributed by atoms with Crippen molar-refractivity contribution < 1.29 is 5.11 Å². The summed E-state index contributed by atoms with van der Waals surface area (Å²) in [6.45, 7) is 1.11. The predicted molar refractivity (Wildman–Crippen MR) is 71.1 cm³/mol. The van der Waals surface area contributed by atoms with Gasteiger partial charge in [-0.15, -0.1) is 0 Å². The van der Waals surface area contributed by atoms with Crippen LogP contribution in [0.5, 0.6) is 0 Å². The Hall–Kier alpha value is -0.880. The first-order valence-corrected chi connectivity index (χ1v) is 6.53. The molecule has 1 aliphatic rings. The number of nitrogens with one attached hydrogen (secondary N) is 2. The average Bonchev–Trinajstić information content (AvgIpc) is 3.09. The minimum Gasteiger partial charge on any atom is -0.396 e. The number of aliphatic hydroxyl groups excluding tert-OH is 1. The molecule has 1 aromatic heterocycles. The summed E-state index contributed by atoms with van der Waals surface area (Å²) < 4.78 is 0.858. The van der Waals surface area contributed by atoms with Gasteiger partial charge in [0.1, 0.15) is 5.82 Å². The minimum atomic E-state index is 0.258. The van der Waals surface area contributed by atoms with Crippen LogP contribution in [0.15, 0.2) is 10.7 Å². The second-order valence-corrected chi connectivity index (χ2v) is 5.32. The Morgan fingerprint density at radius 3 is 2.88 bits per heavy atom. The molecule has 3 N–H and O–H groups in total. The summed E-state index contributed by atoms with van der Waals surface area (Å²) in [5.74, 6) is 1.40. The Morgan fingerprint density at radius 1 is 1.53 bits per heavy atom. The van der Waals surface area contributed by atoms with E-state index < -0.39 is 0 Å². The van der Waals surface area contributed by atoms with Gasteiger partial charge < -0.3 is 15.7 Å². The average molecular weight is 301 g/mol. The zero-order valence-corrected chi connectivity index (χ0v) is 11.4. The van der Waals surface area contributed by atoms with Crippen LogP contribution in [0.25, 0.3) is 0 Å². The summed E-state index contributed by atoms with van der Waals surface area (Å²) in [5.41, 5.74) is 0.277. The fraction of sp³-hybridized carbons (Fsp3) is 0.636. The first-order valence-electron chi connectivity index (χ1n) is 5.74. The lowest BCUT2D eigenvalue weighted by Crippen LogP contribution is -2.18. The van der Waals surface area contributed by atoms with E-state index in [1.54, 1.807) is 13.2 Å². The third-order valence-electron chi connectivity index (χ3n) is 3.20. The standard InChI is InChI=1S/C11H17BrN4O/c1-13-10-14-6-8(12)9(16-10)15-7-11(2-3-11)4-5-17/h6,17H,2-5,7H2,1H3,(H2,13,14,15,16). The van der Waals surface area contributed by atoms with Crippen molar-refractivity contribution in [2.75, 3.05) is 30.8 Å². The van der Waals surface area contributed by atoms with Crippen molar-refractivity contribution in [2.24, 2.45) is 5.41 Å². The van der Waals surface area contributed by atoms with Gasteiger partial charge in [-0.25, -0.2) is 4.98 Å². The van der Waals surface area contributed by atoms with Gasteiger partial charge in [0.15, 0.2) is 0 Å². The van der Waals surface area contributed by atoms with Crippen LogP contribution < -0.4 is 10.6 Å². The fourth-order valence-corrected chi connectivity index (χ4v) is 2.14. The van der Waals surface area contributed by atoms with Crippen LogP contribution in [0.2, 0.25) is 0 Å². The van der Waals surface area contributed by atoms with Crippen molar-refractivity contribution in [3.05, 3.63) is 10.7 Å². The van der Waals surface area contributed by atoms with Gasteiger partial charge in [0.2, 0.25) is 5.95 Å². The summed E-state index contributed by atoms with van der Waals surface area (Å²) in [5, 5.41) is 15.2. The number of aromatic nitrogens is 2. The zero-order valence-electron chi connectivity index (χ0n) is 9.83. The topological polar surface area (TPSA) is 70.1 Å². The van der Waals surface area contributed by atoms with Crippen molar-refractivity contribution in [2.45, 2.75) is 19.3 Å². The molecule has 0 atom stereocenters. The smallest absolute Gasteiger partial charge is 0.224 e. The fourth-order valence-electron chi connectivity index (χ4n) is 1.81. The molecule has 0 bridgehead atoms. The molecular formula is C11H17BrN4O. The molecule has 1 aliphatic carbocycles. The Labute approximate surface area is 109 Å². The van der Waals surface area contributed by atoms with Crippen LogP contribution in [0.1, 0.15) is 19.3 Å². The van der Waals surface area contributed by atoms with Gasteiger partial charge in [-0.1, -0.05) is 0 Å². The van der Waals surface area contributed by atoms with E-state index in [9.17, 15) is 0 Å². The summed E-state index contributed by atoms with van der Waals surface area (Å²) in [7, 11) is 1.79. The van der Waals surface area contributed by atoms with Gasteiger partial charge in [0, 0.05) is 26.4 Å². The molecule has 94 valence electrons. The largest absolute Gasteiger partial charge is 0.396 e. The van der Waals surface area contributed by atoms with Crippen molar-refractivity contribution in [1.29, 1.82) is 0 Å². The molecule has 0 spiro atoms. The highest BCUT2D eigenvalue weighted by molar-refractivity contribution is 9.10. The number of nitrogens with zero attached hydrogens (tertiary/aromatic N) is 2. The van der Waals surface area contributed by atoms with E-state index in [0.717, 1.165) is 23.3 Å². The van der Waals surface area contributed by atoms with Crippen LogP contribution in [0.4, 0.5) is 11.8 Å². The first kappa shape index (κ1) is 12.6. The van der Waals surface area contributed by atoms with Crippen LogP contribution in [0.3, 0.4) is 0 Å². The maximum atomic E-state index is 9.00. The number of hydrogen-bond donors (Lipinski definition) is 3. The third kappa shape index (κ3) is 3.07. The molecule has 0 unspecified atom stereocenters. The Bertz CT molecular complexity index is 395. The first-order chi connectivity index (χ1) is 8.19. The van der Waals surface area contributed by atoms with Crippen LogP contribution in [0, 0.1) is 5.41 Å². The monoisotopic (exact) mass is 300 g/mol. The van der Waals surface area contributed by atoms with Crippen molar-refractivity contribution in [3.63, 3.8) is 0 Å². The van der Waals surface area contributed by atoms with E-state index in [-0.39, 0.29) is 12.0 Å². The van der Waals surface area contributed by atoms with Crippen molar-refractivity contribution in [3.8, 4) is 0 Å². The Balaban J connectivity index is 1.98. The van der Waals surface area contributed by atoms with Gasteiger partial charge >= 0.3 is 0 Å². The Morgan fingerprint density at radius 2 is 2.29 bits per heavy atom. The molecule has 1 saturated carbocycles. The minimum absolute atomic E-state index is 0.258. The number of halogens is 1. The molecule has 6 heteroatoms. The summed E-state index contributed by atoms with van der Waals surface area (Å²) >= 11 is 3.42. The van der Waals surface area contributed by atoms with Crippen LogP contribution in [-0.2, 0) is 0 Å². The highest BCUT2D eigenvalue weighted by Crippen LogP contribution is 2.48. The molecular weight excluding hydrogens is 284 g/mol. The van der Waals surface area contributed by atoms with E-state index in [1.807, 2.05) is 0 Å². The number of anilines is 2. The lowest BCUT2D eigenvalue weighted by atomic mass is 10.0. The molecule has 1 aromatic rings. The maximum absolute atomic E-state index is 9.00. The quantitative estimate of drug-likeness (QED) is 0.748. The molecule has 2 rings (SSSR count). The second kappa shape index (κ2) is 5.18. The molecule has 0 aromatic carbocycles. The van der Waals surface area contributed by atoms with E-state index in [1.165, 1.54) is 12.8 Å². The SMILES string of the molecule is CNc1ncc(Br)c(NCC2(CCO)CC2)n1. The molecule has 17 heavy (non-hydrogen) atoms. The van der Waals surface area contributed by atoms with Gasteiger partial charge in [-0.05, 0) is 40.6 Å². The zero-order chi connectivity index (χ0) is 12.3. The van der Waals surface area contributed by atoms with Crippen molar-refractivity contribution in [1.82, 2.24) is 9.97 Å². The van der Waals surface area contributed by atoms with E-state index in [4.69, 9.17) is 5.11 Å². The lowest BCUT2D eigenvalue weighted by Gasteiger charge is -2.16. The highest BCUT2D eigenvalue weighted by Gasteiger charge is 2.41. The molecule has 0 aliphatic heterocycles. The summed E-state index contributed by atoms with van der Waals surface area (Å²) in [6.07, 6.45) is 4.96. The van der Waals surface area contributed by atoms with Gasteiger partial charge in [0.25, 0.3) is 0 Å². The Kier molecular flexibility index (Phi) is 3.83. The normalized spacial score (nSPS) is 16.6.